The summed E-state index contributed by atoms with van der Waals surface area (Å²) in [6.07, 6.45) is 2.95. The van der Waals surface area contributed by atoms with E-state index in [-0.39, 0.29) is 23.3 Å². The monoisotopic (exact) mass is 323 g/mol. The number of nitrogens with one attached hydrogen (secondary N) is 2. The van der Waals surface area contributed by atoms with Gasteiger partial charge in [-0.2, -0.15) is 0 Å². The van der Waals surface area contributed by atoms with Crippen molar-refractivity contribution in [1.82, 2.24) is 10.3 Å². The van der Waals surface area contributed by atoms with Gasteiger partial charge < -0.3 is 10.6 Å². The minimum Gasteiger partial charge on any atom is -0.347 e. The third-order valence-electron chi connectivity index (χ3n) is 3.21. The van der Waals surface area contributed by atoms with E-state index in [0.29, 0.717) is 23.4 Å². The third-order valence-corrected chi connectivity index (χ3v) is 3.21. The first-order chi connectivity index (χ1) is 11.5. The van der Waals surface area contributed by atoms with E-state index in [2.05, 4.69) is 22.2 Å². The molecule has 0 spiro atoms. The molecule has 0 fully saturated rings. The molecule has 2 N–H and O–H groups in total. The van der Waals surface area contributed by atoms with Gasteiger partial charge in [0, 0.05) is 29.6 Å². The molecule has 0 aliphatic heterocycles. The van der Waals surface area contributed by atoms with Crippen LogP contribution in [0.1, 0.15) is 38.1 Å². The summed E-state index contributed by atoms with van der Waals surface area (Å²) in [5.41, 5.74) is 1.58. The van der Waals surface area contributed by atoms with Crippen molar-refractivity contribution in [2.75, 3.05) is 11.9 Å². The summed E-state index contributed by atoms with van der Waals surface area (Å²) in [4.78, 5) is 39.3. The van der Waals surface area contributed by atoms with Crippen LogP contribution in [-0.2, 0) is 0 Å². The SMILES string of the molecule is C=CCNC(=O)c1cc(C(=O)Nc2ccc(C(C)=O)cc2)ccn1. The Labute approximate surface area is 139 Å². The Morgan fingerprint density at radius 2 is 1.79 bits per heavy atom. The number of hydrogen-bond donors (Lipinski definition) is 2. The number of benzene rings is 1. The van der Waals surface area contributed by atoms with Crippen LogP contribution in [0.15, 0.2) is 55.3 Å². The number of rotatable bonds is 6. The largest absolute Gasteiger partial charge is 0.347 e. The van der Waals surface area contributed by atoms with Gasteiger partial charge in [0.2, 0.25) is 0 Å². The predicted molar refractivity (Wildman–Crippen MR) is 91.2 cm³/mol. The van der Waals surface area contributed by atoms with Gasteiger partial charge in [-0.05, 0) is 43.3 Å². The zero-order valence-corrected chi connectivity index (χ0v) is 13.2. The first-order valence-electron chi connectivity index (χ1n) is 7.28. The lowest BCUT2D eigenvalue weighted by atomic mass is 10.1. The van der Waals surface area contributed by atoms with Crippen LogP contribution in [0.2, 0.25) is 0 Å². The van der Waals surface area contributed by atoms with Crippen LogP contribution in [0.5, 0.6) is 0 Å². The van der Waals surface area contributed by atoms with Crippen molar-refractivity contribution in [3.05, 3.63) is 72.1 Å². The normalized spacial score (nSPS) is 9.88. The Morgan fingerprint density at radius 3 is 2.42 bits per heavy atom. The standard InChI is InChI=1S/C18H17N3O3/c1-3-9-20-18(24)16-11-14(8-10-19-16)17(23)21-15-6-4-13(5-7-15)12(2)22/h3-8,10-11H,1,9H2,2H3,(H,20,24)(H,21,23). The number of Topliss-reactive ketones (excluding diaryl/α,β-unsaturated/α-hetero) is 1. The van der Waals surface area contributed by atoms with Gasteiger partial charge in [0.15, 0.2) is 5.78 Å². The number of pyridine rings is 1. The van der Waals surface area contributed by atoms with Gasteiger partial charge in [-0.15, -0.1) is 6.58 Å². The maximum atomic E-state index is 12.3. The first kappa shape index (κ1) is 17.1. The van der Waals surface area contributed by atoms with Crippen LogP contribution in [0.3, 0.4) is 0 Å². The molecule has 2 rings (SSSR count). The summed E-state index contributed by atoms with van der Waals surface area (Å²) < 4.78 is 0. The molecule has 0 unspecified atom stereocenters. The van der Waals surface area contributed by atoms with Crippen molar-refractivity contribution in [3.8, 4) is 0 Å². The topological polar surface area (TPSA) is 88.2 Å². The second-order valence-corrected chi connectivity index (χ2v) is 5.02. The summed E-state index contributed by atoms with van der Waals surface area (Å²) in [5.74, 6) is -0.793. The van der Waals surface area contributed by atoms with E-state index in [0.717, 1.165) is 0 Å². The lowest BCUT2D eigenvalue weighted by molar-refractivity contribution is 0.0952. The number of carbonyl (C=O) groups is 3. The number of anilines is 1. The van der Waals surface area contributed by atoms with Gasteiger partial charge in [0.05, 0.1) is 0 Å². The van der Waals surface area contributed by atoms with Crippen molar-refractivity contribution in [2.45, 2.75) is 6.92 Å². The summed E-state index contributed by atoms with van der Waals surface area (Å²) >= 11 is 0. The molecule has 6 heteroatoms. The molecule has 6 nitrogen and oxygen atoms in total. The van der Waals surface area contributed by atoms with Crippen LogP contribution in [0.4, 0.5) is 5.69 Å². The summed E-state index contributed by atoms with van der Waals surface area (Å²) in [6.45, 7) is 5.31. The van der Waals surface area contributed by atoms with Gasteiger partial charge in [0.1, 0.15) is 5.69 Å². The molecule has 0 aliphatic rings. The van der Waals surface area contributed by atoms with Gasteiger partial charge >= 0.3 is 0 Å². The number of carbonyl (C=O) groups excluding carboxylic acids is 3. The quantitative estimate of drug-likeness (QED) is 0.631. The Kier molecular flexibility index (Phi) is 5.57. The fourth-order valence-electron chi connectivity index (χ4n) is 1.94. The fraction of sp³-hybridized carbons (Fsp3) is 0.111. The Morgan fingerprint density at radius 1 is 1.08 bits per heavy atom. The Hall–Kier alpha value is -3.28. The van der Waals surface area contributed by atoms with Gasteiger partial charge in [-0.25, -0.2) is 0 Å². The molecule has 24 heavy (non-hydrogen) atoms. The Balaban J connectivity index is 2.10. The van der Waals surface area contributed by atoms with Crippen LogP contribution >= 0.6 is 0 Å². The molecule has 0 saturated heterocycles. The minimum absolute atomic E-state index is 0.0443. The van der Waals surface area contributed by atoms with Crippen molar-refractivity contribution in [2.24, 2.45) is 0 Å². The summed E-state index contributed by atoms with van der Waals surface area (Å²) in [7, 11) is 0. The molecular weight excluding hydrogens is 306 g/mol. The number of aromatic nitrogens is 1. The molecule has 0 bridgehead atoms. The zero-order chi connectivity index (χ0) is 17.5. The van der Waals surface area contributed by atoms with Crippen LogP contribution in [-0.4, -0.2) is 29.1 Å². The highest BCUT2D eigenvalue weighted by molar-refractivity contribution is 6.06. The predicted octanol–water partition coefficient (Wildman–Crippen LogP) is 2.45. The molecule has 0 radical (unpaired) electrons. The lowest BCUT2D eigenvalue weighted by Crippen LogP contribution is -2.24. The fourth-order valence-corrected chi connectivity index (χ4v) is 1.94. The van der Waals surface area contributed by atoms with Crippen molar-refractivity contribution in [1.29, 1.82) is 0 Å². The maximum absolute atomic E-state index is 12.3. The molecule has 2 aromatic rings. The number of ketones is 1. The molecule has 1 aromatic carbocycles. The average Bonchev–Trinajstić information content (AvgIpc) is 2.60. The third kappa shape index (κ3) is 4.36. The average molecular weight is 323 g/mol. The molecule has 0 saturated carbocycles. The van der Waals surface area contributed by atoms with Gasteiger partial charge in [-0.3, -0.25) is 19.4 Å². The van der Waals surface area contributed by atoms with E-state index >= 15 is 0 Å². The van der Waals surface area contributed by atoms with E-state index in [1.165, 1.54) is 25.3 Å². The van der Waals surface area contributed by atoms with Crippen molar-refractivity contribution in [3.63, 3.8) is 0 Å². The van der Waals surface area contributed by atoms with Crippen LogP contribution in [0.25, 0.3) is 0 Å². The molecule has 2 amide bonds. The molecule has 1 heterocycles. The van der Waals surface area contributed by atoms with E-state index in [4.69, 9.17) is 0 Å². The minimum atomic E-state index is -0.379. The van der Waals surface area contributed by atoms with Crippen LogP contribution < -0.4 is 10.6 Å². The molecule has 122 valence electrons. The lowest BCUT2D eigenvalue weighted by Gasteiger charge is -2.07. The molecular formula is C18H17N3O3. The number of amides is 2. The Bertz CT molecular complexity index is 782. The van der Waals surface area contributed by atoms with Gasteiger partial charge in [0.25, 0.3) is 11.8 Å². The molecule has 1 aromatic heterocycles. The van der Waals surface area contributed by atoms with Gasteiger partial charge in [-0.1, -0.05) is 6.08 Å². The number of nitrogens with zero attached hydrogens (tertiary/aromatic N) is 1. The zero-order valence-electron chi connectivity index (χ0n) is 13.2. The second kappa shape index (κ2) is 7.82. The first-order valence-corrected chi connectivity index (χ1v) is 7.28. The van der Waals surface area contributed by atoms with E-state index in [1.807, 2.05) is 0 Å². The van der Waals surface area contributed by atoms with E-state index in [9.17, 15) is 14.4 Å². The van der Waals surface area contributed by atoms with Crippen LogP contribution in [0, 0.1) is 0 Å². The van der Waals surface area contributed by atoms with Crippen molar-refractivity contribution < 1.29 is 14.4 Å². The highest BCUT2D eigenvalue weighted by Gasteiger charge is 2.11. The van der Waals surface area contributed by atoms with Crippen molar-refractivity contribution >= 4 is 23.3 Å². The van der Waals surface area contributed by atoms with E-state index in [1.54, 1.807) is 30.3 Å². The van der Waals surface area contributed by atoms with E-state index < -0.39 is 0 Å². The summed E-state index contributed by atoms with van der Waals surface area (Å²) in [5, 5.41) is 5.31. The second-order valence-electron chi connectivity index (χ2n) is 5.02. The molecule has 0 aliphatic carbocycles. The highest BCUT2D eigenvalue weighted by Crippen LogP contribution is 2.12. The highest BCUT2D eigenvalue weighted by atomic mass is 16.2. The number of hydrogen-bond acceptors (Lipinski definition) is 4. The maximum Gasteiger partial charge on any atom is 0.270 e. The summed E-state index contributed by atoms with van der Waals surface area (Å²) in [6, 6.07) is 9.50. The smallest absolute Gasteiger partial charge is 0.270 e. The molecule has 0 atom stereocenters.